The number of unbranched alkanes of at least 4 members (excludes halogenated alkanes) is 5. The van der Waals surface area contributed by atoms with Gasteiger partial charge in [-0.15, -0.1) is 0 Å². The zero-order valence-electron chi connectivity index (χ0n) is 10.9. The van der Waals surface area contributed by atoms with Crippen LogP contribution in [0.2, 0.25) is 0 Å². The van der Waals surface area contributed by atoms with Gasteiger partial charge >= 0.3 is 0 Å². The van der Waals surface area contributed by atoms with Crippen molar-refractivity contribution in [1.82, 2.24) is 0 Å². The first-order valence-corrected chi connectivity index (χ1v) is 7.62. The van der Waals surface area contributed by atoms with E-state index < -0.39 is 0 Å². The minimum Gasteiger partial charge on any atom is -0.328 e. The monoisotopic (exact) mass is 278 g/mol. The van der Waals surface area contributed by atoms with Crippen molar-refractivity contribution in [3.8, 4) is 0 Å². The van der Waals surface area contributed by atoms with Gasteiger partial charge in [-0.05, 0) is 12.8 Å². The van der Waals surface area contributed by atoms with E-state index in [1.54, 1.807) is 0 Å². The molecule has 0 aromatic carbocycles. The van der Waals surface area contributed by atoms with Crippen molar-refractivity contribution in [2.75, 3.05) is 32.5 Å². The third-order valence-electron chi connectivity index (χ3n) is 3.01. The van der Waals surface area contributed by atoms with Crippen LogP contribution < -0.4 is 0 Å². The third kappa shape index (κ3) is 10.7. The van der Waals surface area contributed by atoms with Crippen molar-refractivity contribution in [2.24, 2.45) is 0 Å². The fourth-order valence-electron chi connectivity index (χ4n) is 1.92. The number of alkyl halides is 1. The summed E-state index contributed by atoms with van der Waals surface area (Å²) in [7, 11) is 4.71. The van der Waals surface area contributed by atoms with Gasteiger partial charge < -0.3 is 4.48 Å². The first-order chi connectivity index (χ1) is 7.12. The highest BCUT2D eigenvalue weighted by Gasteiger charge is 2.12. The lowest BCUT2D eigenvalue weighted by molar-refractivity contribution is -0.890. The Kier molecular flexibility index (Phi) is 9.93. The Bertz CT molecular complexity index is 134. The summed E-state index contributed by atoms with van der Waals surface area (Å²) < 4.78 is 1.19. The number of hydrogen-bond acceptors (Lipinski definition) is 0. The number of halogens is 1. The SMILES string of the molecule is CCCCCCCC[N+](C)(C)CCCBr. The van der Waals surface area contributed by atoms with E-state index in [0.717, 1.165) is 5.33 Å². The van der Waals surface area contributed by atoms with E-state index in [2.05, 4.69) is 36.9 Å². The van der Waals surface area contributed by atoms with Crippen LogP contribution >= 0.6 is 15.9 Å². The van der Waals surface area contributed by atoms with Crippen LogP contribution in [-0.4, -0.2) is 37.0 Å². The first-order valence-electron chi connectivity index (χ1n) is 6.50. The van der Waals surface area contributed by atoms with Crippen LogP contribution in [0.3, 0.4) is 0 Å². The average molecular weight is 279 g/mol. The molecule has 0 N–H and O–H groups in total. The van der Waals surface area contributed by atoms with Crippen LogP contribution in [-0.2, 0) is 0 Å². The van der Waals surface area contributed by atoms with Gasteiger partial charge in [0.2, 0.25) is 0 Å². The molecular formula is C13H29BrN+. The summed E-state index contributed by atoms with van der Waals surface area (Å²) >= 11 is 3.50. The molecule has 1 nitrogen and oxygen atoms in total. The maximum Gasteiger partial charge on any atom is 0.0790 e. The van der Waals surface area contributed by atoms with Gasteiger partial charge in [-0.25, -0.2) is 0 Å². The van der Waals surface area contributed by atoms with E-state index in [-0.39, 0.29) is 0 Å². The van der Waals surface area contributed by atoms with Crippen LogP contribution in [0.5, 0.6) is 0 Å². The van der Waals surface area contributed by atoms with Crippen molar-refractivity contribution in [3.63, 3.8) is 0 Å². The largest absolute Gasteiger partial charge is 0.328 e. The van der Waals surface area contributed by atoms with Crippen LogP contribution in [0, 0.1) is 0 Å². The van der Waals surface area contributed by atoms with Gasteiger partial charge in [0.1, 0.15) is 0 Å². The van der Waals surface area contributed by atoms with E-state index in [0.29, 0.717) is 0 Å². The summed E-state index contributed by atoms with van der Waals surface area (Å²) in [6, 6.07) is 0. The van der Waals surface area contributed by atoms with Gasteiger partial charge in [0.25, 0.3) is 0 Å². The van der Waals surface area contributed by atoms with Gasteiger partial charge in [0.15, 0.2) is 0 Å². The molecule has 0 spiro atoms. The maximum atomic E-state index is 3.50. The lowest BCUT2D eigenvalue weighted by Gasteiger charge is -2.29. The average Bonchev–Trinajstić information content (AvgIpc) is 2.20. The topological polar surface area (TPSA) is 0 Å². The second-order valence-electron chi connectivity index (χ2n) is 5.19. The molecule has 0 aromatic rings. The molecule has 0 bridgehead atoms. The molecule has 0 aromatic heterocycles. The molecule has 0 aliphatic heterocycles. The second-order valence-corrected chi connectivity index (χ2v) is 5.99. The molecule has 0 saturated heterocycles. The first kappa shape index (κ1) is 15.4. The number of rotatable bonds is 10. The lowest BCUT2D eigenvalue weighted by atomic mass is 10.1. The smallest absolute Gasteiger partial charge is 0.0790 e. The lowest BCUT2D eigenvalue weighted by Crippen LogP contribution is -2.41. The zero-order chi connectivity index (χ0) is 11.6. The van der Waals surface area contributed by atoms with Crippen molar-refractivity contribution in [2.45, 2.75) is 51.9 Å². The quantitative estimate of drug-likeness (QED) is 0.319. The highest BCUT2D eigenvalue weighted by molar-refractivity contribution is 9.09. The Morgan fingerprint density at radius 2 is 1.33 bits per heavy atom. The molecule has 0 aliphatic carbocycles. The summed E-state index contributed by atoms with van der Waals surface area (Å²) in [5.74, 6) is 0. The summed E-state index contributed by atoms with van der Waals surface area (Å²) in [6.45, 7) is 4.93. The van der Waals surface area contributed by atoms with Crippen molar-refractivity contribution in [3.05, 3.63) is 0 Å². The predicted octanol–water partition coefficient (Wildman–Crippen LogP) is 4.21. The predicted molar refractivity (Wildman–Crippen MR) is 73.6 cm³/mol. The maximum absolute atomic E-state index is 3.50. The molecule has 0 radical (unpaired) electrons. The highest BCUT2D eigenvalue weighted by Crippen LogP contribution is 2.09. The standard InChI is InChI=1S/C13H29BrN/c1-4-5-6-7-8-9-12-15(2,3)13-10-11-14/h4-13H2,1-3H3/q+1. The minimum absolute atomic E-state index is 1.14. The molecule has 0 aliphatic rings. The van der Waals surface area contributed by atoms with Crippen LogP contribution in [0.15, 0.2) is 0 Å². The second kappa shape index (κ2) is 9.65. The molecule has 0 amide bonds. The van der Waals surface area contributed by atoms with Crippen molar-refractivity contribution < 1.29 is 4.48 Å². The molecule has 0 saturated carbocycles. The zero-order valence-corrected chi connectivity index (χ0v) is 12.5. The van der Waals surface area contributed by atoms with Crippen molar-refractivity contribution >= 4 is 15.9 Å². The Morgan fingerprint density at radius 1 is 0.800 bits per heavy atom. The summed E-state index contributed by atoms with van der Waals surface area (Å²) in [5, 5.41) is 1.14. The minimum atomic E-state index is 1.14. The third-order valence-corrected chi connectivity index (χ3v) is 3.57. The van der Waals surface area contributed by atoms with Gasteiger partial charge in [0.05, 0.1) is 27.2 Å². The van der Waals surface area contributed by atoms with Crippen LogP contribution in [0.4, 0.5) is 0 Å². The van der Waals surface area contributed by atoms with Gasteiger partial charge in [0, 0.05) is 11.8 Å². The summed E-state index contributed by atoms with van der Waals surface area (Å²) in [5.41, 5.74) is 0. The Hall–Kier alpha value is 0.440. The van der Waals surface area contributed by atoms with Crippen molar-refractivity contribution in [1.29, 1.82) is 0 Å². The number of nitrogens with zero attached hydrogens (tertiary/aromatic N) is 1. The summed E-state index contributed by atoms with van der Waals surface area (Å²) in [4.78, 5) is 0. The van der Waals surface area contributed by atoms with E-state index in [1.165, 1.54) is 62.5 Å². The Morgan fingerprint density at radius 3 is 1.93 bits per heavy atom. The van der Waals surface area contributed by atoms with Gasteiger partial charge in [-0.2, -0.15) is 0 Å². The molecule has 0 heterocycles. The van der Waals surface area contributed by atoms with Crippen LogP contribution in [0.1, 0.15) is 51.9 Å². The van der Waals surface area contributed by atoms with Gasteiger partial charge in [-0.1, -0.05) is 48.5 Å². The van der Waals surface area contributed by atoms with E-state index in [9.17, 15) is 0 Å². The molecular weight excluding hydrogens is 250 g/mol. The molecule has 0 unspecified atom stereocenters. The molecule has 2 heteroatoms. The molecule has 92 valence electrons. The number of hydrogen-bond donors (Lipinski definition) is 0. The van der Waals surface area contributed by atoms with Crippen LogP contribution in [0.25, 0.3) is 0 Å². The molecule has 15 heavy (non-hydrogen) atoms. The Balaban J connectivity index is 3.32. The molecule has 0 fully saturated rings. The van der Waals surface area contributed by atoms with E-state index in [4.69, 9.17) is 0 Å². The molecule has 0 atom stereocenters. The van der Waals surface area contributed by atoms with E-state index >= 15 is 0 Å². The van der Waals surface area contributed by atoms with Gasteiger partial charge in [-0.3, -0.25) is 0 Å². The summed E-state index contributed by atoms with van der Waals surface area (Å²) in [6.07, 6.45) is 9.77. The molecule has 0 rings (SSSR count). The van der Waals surface area contributed by atoms with E-state index in [1.807, 2.05) is 0 Å². The fourth-order valence-corrected chi connectivity index (χ4v) is 2.17. The fraction of sp³-hybridized carbons (Fsp3) is 1.00. The normalized spacial score (nSPS) is 12.0. The Labute approximate surface area is 105 Å². The number of quaternary nitrogens is 1. The highest BCUT2D eigenvalue weighted by atomic mass is 79.9.